The highest BCUT2D eigenvalue weighted by Gasteiger charge is 2.20. The van der Waals surface area contributed by atoms with E-state index in [9.17, 15) is 4.79 Å². The van der Waals surface area contributed by atoms with Gasteiger partial charge in [-0.2, -0.15) is 5.26 Å². The molecule has 0 fully saturated rings. The summed E-state index contributed by atoms with van der Waals surface area (Å²) < 4.78 is 10.9. The maximum Gasteiger partial charge on any atom is 0.292 e. The van der Waals surface area contributed by atoms with Crippen LogP contribution < -0.4 is 0 Å². The molecule has 0 heterocycles. The number of carbonyl (C=O) groups excluding carboxylic acids is 1. The van der Waals surface area contributed by atoms with Gasteiger partial charge in [-0.15, -0.1) is 0 Å². The van der Waals surface area contributed by atoms with E-state index in [4.69, 9.17) is 14.1 Å². The van der Waals surface area contributed by atoms with Crippen LogP contribution in [0.5, 0.6) is 0 Å². The molecule has 0 rings (SSSR count). The minimum Gasteiger partial charge on any atom is -0.537 e. The van der Waals surface area contributed by atoms with Crippen LogP contribution in [0.3, 0.4) is 0 Å². The minimum atomic E-state index is -1.80. The number of nitriles is 1. The lowest BCUT2D eigenvalue weighted by Gasteiger charge is -2.18. The number of rotatable bonds is 6. The van der Waals surface area contributed by atoms with E-state index < -0.39 is 16.6 Å². The molecule has 0 saturated heterocycles. The first-order valence-electron chi connectivity index (χ1n) is 6.04. The molecule has 0 amide bonds. The van der Waals surface area contributed by atoms with Crippen LogP contribution in [-0.2, 0) is 13.6 Å². The molecule has 4 nitrogen and oxygen atoms in total. The minimum absolute atomic E-state index is 0.198. The fourth-order valence-electron chi connectivity index (χ4n) is 1.15. The normalized spacial score (nSPS) is 12.8. The number of allylic oxidation sites excluding steroid dienone is 2. The Balaban J connectivity index is 4.22. The first-order chi connectivity index (χ1) is 8.03. The van der Waals surface area contributed by atoms with Crippen molar-refractivity contribution in [3.63, 3.8) is 0 Å². The summed E-state index contributed by atoms with van der Waals surface area (Å²) in [6.45, 7) is 11.9. The summed E-state index contributed by atoms with van der Waals surface area (Å²) in [5.74, 6) is 0.116. The molecule has 0 aromatic heterocycles. The van der Waals surface area contributed by atoms with Gasteiger partial charge in [0, 0.05) is 6.42 Å². The van der Waals surface area contributed by atoms with Gasteiger partial charge in [-0.05, 0) is 51.8 Å². The molecule has 0 radical (unpaired) electrons. The summed E-state index contributed by atoms with van der Waals surface area (Å²) in [5, 5.41) is 8.91. The zero-order chi connectivity index (χ0) is 14.4. The van der Waals surface area contributed by atoms with Crippen molar-refractivity contribution in [1.29, 1.82) is 5.26 Å². The molecule has 6 heteroatoms. The predicted octanol–water partition coefficient (Wildman–Crippen LogP) is 3.40. The third-order valence-electron chi connectivity index (χ3n) is 1.62. The van der Waals surface area contributed by atoms with Crippen molar-refractivity contribution in [3.8, 4) is 6.07 Å². The lowest BCUT2D eigenvalue weighted by atomic mass is 10.3. The Morgan fingerprint density at radius 3 is 2.00 bits per heavy atom. The molecule has 0 atom stereocenters. The molecule has 0 saturated carbocycles. The van der Waals surface area contributed by atoms with Crippen LogP contribution in [0.1, 0.15) is 12.8 Å². The summed E-state index contributed by atoms with van der Waals surface area (Å²) in [6, 6.07) is 2.01. The molecule has 0 aliphatic rings. The van der Waals surface area contributed by atoms with Gasteiger partial charge in [0.05, 0.1) is 0 Å². The van der Waals surface area contributed by atoms with Crippen LogP contribution in [0.25, 0.3) is 0 Å². The van der Waals surface area contributed by atoms with Crippen molar-refractivity contribution in [2.24, 2.45) is 0 Å². The third kappa shape index (κ3) is 10.1. The van der Waals surface area contributed by atoms with Gasteiger partial charge in [0.2, 0.25) is 16.6 Å². The van der Waals surface area contributed by atoms with E-state index in [0.717, 1.165) is 0 Å². The second-order valence-electron chi connectivity index (χ2n) is 6.02. The van der Waals surface area contributed by atoms with E-state index in [1.165, 1.54) is 0 Å². The van der Waals surface area contributed by atoms with Crippen LogP contribution in [-0.4, -0.2) is 22.6 Å². The second-order valence-corrected chi connectivity index (χ2v) is 14.9. The highest BCUT2D eigenvalue weighted by atomic mass is 28.4. The molecule has 0 N–H and O–H groups in total. The summed E-state index contributed by atoms with van der Waals surface area (Å²) in [4.78, 5) is 11.5. The molecular weight excluding hydrogens is 262 g/mol. The zero-order valence-corrected chi connectivity index (χ0v) is 14.2. The SMILES string of the molecule is C[Si](C)(C)OC(=O)CC/C=C(\C#N)O[Si](C)(C)C. The van der Waals surface area contributed by atoms with Crippen LogP contribution in [0, 0.1) is 11.3 Å². The second kappa shape index (κ2) is 6.76. The molecule has 0 aromatic rings. The molecule has 0 unspecified atom stereocenters. The summed E-state index contributed by atoms with van der Waals surface area (Å²) in [7, 11) is -3.56. The molecule has 18 heavy (non-hydrogen) atoms. The Bertz CT molecular complexity index is 359. The van der Waals surface area contributed by atoms with Crippen molar-refractivity contribution < 1.29 is 13.6 Å². The average Bonchev–Trinajstić information content (AvgIpc) is 2.11. The van der Waals surface area contributed by atoms with E-state index in [2.05, 4.69) is 0 Å². The predicted molar refractivity (Wildman–Crippen MR) is 76.8 cm³/mol. The maximum atomic E-state index is 11.5. The highest BCUT2D eigenvalue weighted by Crippen LogP contribution is 2.12. The van der Waals surface area contributed by atoms with Crippen molar-refractivity contribution in [2.75, 3.05) is 0 Å². The fourth-order valence-corrected chi connectivity index (χ4v) is 2.73. The Morgan fingerprint density at radius 2 is 1.61 bits per heavy atom. The maximum absolute atomic E-state index is 11.5. The molecule has 0 aromatic carbocycles. The van der Waals surface area contributed by atoms with Crippen LogP contribution in [0.4, 0.5) is 0 Å². The summed E-state index contributed by atoms with van der Waals surface area (Å²) >= 11 is 0. The third-order valence-corrected chi connectivity index (χ3v) is 3.30. The topological polar surface area (TPSA) is 59.3 Å². The average molecular weight is 285 g/mol. The molecule has 0 spiro atoms. The smallest absolute Gasteiger partial charge is 0.292 e. The van der Waals surface area contributed by atoms with E-state index in [1.54, 1.807) is 6.08 Å². The van der Waals surface area contributed by atoms with Gasteiger partial charge >= 0.3 is 0 Å². The first-order valence-corrected chi connectivity index (χ1v) is 12.9. The highest BCUT2D eigenvalue weighted by molar-refractivity contribution is 6.71. The number of nitrogens with zero attached hydrogens (tertiary/aromatic N) is 1. The number of carbonyl (C=O) groups is 1. The van der Waals surface area contributed by atoms with Gasteiger partial charge in [0.25, 0.3) is 5.97 Å². The Hall–Kier alpha value is -1.07. The number of hydrogen-bond acceptors (Lipinski definition) is 4. The van der Waals surface area contributed by atoms with Crippen molar-refractivity contribution >= 4 is 22.6 Å². The standard InChI is InChI=1S/C12H23NO3Si2/c1-17(2,3)15-11(10-13)8-7-9-12(14)16-18(4,5)6/h8H,7,9H2,1-6H3/b11-8+. The quantitative estimate of drug-likeness (QED) is 0.426. The Labute approximate surface area is 112 Å². The molecular formula is C12H23NO3Si2. The number of hydrogen-bond donors (Lipinski definition) is 0. The van der Waals surface area contributed by atoms with E-state index in [0.29, 0.717) is 18.6 Å². The fraction of sp³-hybridized carbons (Fsp3) is 0.667. The zero-order valence-electron chi connectivity index (χ0n) is 12.2. The Morgan fingerprint density at radius 1 is 1.11 bits per heavy atom. The van der Waals surface area contributed by atoms with E-state index >= 15 is 0 Å². The molecule has 0 bridgehead atoms. The molecule has 102 valence electrons. The van der Waals surface area contributed by atoms with E-state index in [1.807, 2.05) is 45.4 Å². The summed E-state index contributed by atoms with van der Waals surface area (Å²) in [5.41, 5.74) is 0. The molecule has 0 aliphatic carbocycles. The molecule has 0 aliphatic heterocycles. The lowest BCUT2D eigenvalue weighted by Crippen LogP contribution is -2.29. The summed E-state index contributed by atoms with van der Waals surface area (Å²) in [6.07, 6.45) is 2.45. The van der Waals surface area contributed by atoms with Crippen molar-refractivity contribution in [3.05, 3.63) is 11.8 Å². The van der Waals surface area contributed by atoms with Crippen LogP contribution >= 0.6 is 0 Å². The van der Waals surface area contributed by atoms with Gasteiger partial charge in [-0.3, -0.25) is 4.79 Å². The monoisotopic (exact) mass is 285 g/mol. The van der Waals surface area contributed by atoms with Crippen molar-refractivity contribution in [2.45, 2.75) is 52.1 Å². The van der Waals surface area contributed by atoms with Gasteiger partial charge in [-0.1, -0.05) is 0 Å². The van der Waals surface area contributed by atoms with Crippen LogP contribution in [0.2, 0.25) is 39.3 Å². The van der Waals surface area contributed by atoms with Crippen molar-refractivity contribution in [1.82, 2.24) is 0 Å². The van der Waals surface area contributed by atoms with Gasteiger partial charge < -0.3 is 8.85 Å². The first kappa shape index (κ1) is 16.9. The van der Waals surface area contributed by atoms with Gasteiger partial charge in [0.15, 0.2) is 5.76 Å². The lowest BCUT2D eigenvalue weighted by molar-refractivity contribution is -0.135. The van der Waals surface area contributed by atoms with E-state index in [-0.39, 0.29) is 5.97 Å². The van der Waals surface area contributed by atoms with Gasteiger partial charge in [0.1, 0.15) is 6.07 Å². The largest absolute Gasteiger partial charge is 0.537 e. The van der Waals surface area contributed by atoms with Gasteiger partial charge in [-0.25, -0.2) is 0 Å². The Kier molecular flexibility index (Phi) is 6.36. The van der Waals surface area contributed by atoms with Crippen LogP contribution in [0.15, 0.2) is 11.8 Å².